The number of hydrogen-bond acceptors (Lipinski definition) is 2. The molecule has 0 aromatic carbocycles. The molecule has 4 nitrogen and oxygen atoms in total. The van der Waals surface area contributed by atoms with Crippen LogP contribution >= 0.6 is 0 Å². The third-order valence-corrected chi connectivity index (χ3v) is 2.61. The second-order valence-electron chi connectivity index (χ2n) is 2.31. The van der Waals surface area contributed by atoms with E-state index in [0.29, 0.717) is 13.1 Å². The van der Waals surface area contributed by atoms with Gasteiger partial charge in [0.15, 0.2) is 0 Å². The molecule has 0 spiro atoms. The lowest BCUT2D eigenvalue weighted by molar-refractivity contribution is 0.384. The Labute approximate surface area is 61.2 Å². The summed E-state index contributed by atoms with van der Waals surface area (Å²) in [6.07, 6.45) is 3.70. The molecule has 0 aliphatic carbocycles. The molecule has 1 fully saturated rings. The highest BCUT2D eigenvalue weighted by molar-refractivity contribution is 7.86. The minimum atomic E-state index is -3.41. The molecule has 2 N–H and O–H groups in total. The summed E-state index contributed by atoms with van der Waals surface area (Å²) in [5, 5.41) is 4.89. The lowest BCUT2D eigenvalue weighted by atomic mass is 10.2. The molecule has 1 aliphatic heterocycles. The fourth-order valence-electron chi connectivity index (χ4n) is 0.981. The zero-order valence-electron chi connectivity index (χ0n) is 5.66. The first-order chi connectivity index (χ1) is 4.61. The largest absolute Gasteiger partial charge is 0.276 e. The van der Waals surface area contributed by atoms with E-state index in [1.807, 2.05) is 0 Å². The Balaban J connectivity index is 2.56. The number of piperidine rings is 1. The highest BCUT2D eigenvalue weighted by Crippen LogP contribution is 2.08. The summed E-state index contributed by atoms with van der Waals surface area (Å²) in [4.78, 5) is 0. The fourth-order valence-corrected chi connectivity index (χ4v) is 1.70. The van der Waals surface area contributed by atoms with Gasteiger partial charge >= 0.3 is 0 Å². The molecule has 0 bridgehead atoms. The lowest BCUT2D eigenvalue weighted by Crippen LogP contribution is -2.40. The number of nitrogens with zero attached hydrogens (tertiary/aromatic N) is 1. The average molecular weight is 163 g/mol. The van der Waals surface area contributed by atoms with Crippen molar-refractivity contribution in [3.05, 3.63) is 6.42 Å². The molecule has 0 aromatic rings. The quantitative estimate of drug-likeness (QED) is 0.566. The number of nitrogens with two attached hydrogens (primary N) is 1. The molecular weight excluding hydrogens is 152 g/mol. The van der Waals surface area contributed by atoms with Crippen LogP contribution in [0.4, 0.5) is 0 Å². The second-order valence-corrected chi connectivity index (χ2v) is 3.86. The van der Waals surface area contributed by atoms with Crippen molar-refractivity contribution in [2.75, 3.05) is 13.1 Å². The predicted molar refractivity (Wildman–Crippen MR) is 38.2 cm³/mol. The van der Waals surface area contributed by atoms with E-state index in [4.69, 9.17) is 5.14 Å². The molecule has 10 heavy (non-hydrogen) atoms. The van der Waals surface area contributed by atoms with Gasteiger partial charge in [0.1, 0.15) is 0 Å². The molecule has 0 saturated carbocycles. The van der Waals surface area contributed by atoms with Crippen molar-refractivity contribution in [3.8, 4) is 0 Å². The molecule has 0 unspecified atom stereocenters. The Hall–Kier alpha value is -0.130. The van der Waals surface area contributed by atoms with Crippen LogP contribution in [-0.4, -0.2) is 25.8 Å². The van der Waals surface area contributed by atoms with E-state index < -0.39 is 10.2 Å². The fraction of sp³-hybridized carbons (Fsp3) is 0.800. The standard InChI is InChI=1S/C5H11N2O2S/c6-10(8,9)7-4-2-1-3-5-7/h1H,2-5H2,(H2,6,8,9). The van der Waals surface area contributed by atoms with Crippen molar-refractivity contribution in [2.45, 2.75) is 12.8 Å². The van der Waals surface area contributed by atoms with Crippen molar-refractivity contribution < 1.29 is 8.42 Å². The van der Waals surface area contributed by atoms with Crippen molar-refractivity contribution in [1.29, 1.82) is 0 Å². The molecule has 0 amide bonds. The van der Waals surface area contributed by atoms with E-state index in [2.05, 4.69) is 6.42 Å². The van der Waals surface area contributed by atoms with Crippen LogP contribution in [0.1, 0.15) is 12.8 Å². The summed E-state index contributed by atoms with van der Waals surface area (Å²) in [5.41, 5.74) is 0. The zero-order valence-corrected chi connectivity index (χ0v) is 6.47. The van der Waals surface area contributed by atoms with Crippen LogP contribution < -0.4 is 5.14 Å². The average Bonchev–Trinajstić information content (AvgIpc) is 1.88. The van der Waals surface area contributed by atoms with Gasteiger partial charge in [0.05, 0.1) is 0 Å². The topological polar surface area (TPSA) is 63.4 Å². The van der Waals surface area contributed by atoms with Gasteiger partial charge in [-0.25, -0.2) is 5.14 Å². The van der Waals surface area contributed by atoms with Crippen LogP contribution in [0, 0.1) is 6.42 Å². The third kappa shape index (κ3) is 1.93. The summed E-state index contributed by atoms with van der Waals surface area (Å²) in [5.74, 6) is 0. The van der Waals surface area contributed by atoms with Crippen LogP contribution in [0.3, 0.4) is 0 Å². The highest BCUT2D eigenvalue weighted by Gasteiger charge is 2.18. The molecule has 1 rings (SSSR count). The Bertz CT molecular complexity index is 194. The Morgan fingerprint density at radius 1 is 1.30 bits per heavy atom. The summed E-state index contributed by atoms with van der Waals surface area (Å²) in [6.45, 7) is 1.08. The van der Waals surface area contributed by atoms with E-state index in [9.17, 15) is 8.42 Å². The minimum absolute atomic E-state index is 0.541. The van der Waals surface area contributed by atoms with Gasteiger partial charge in [-0.15, -0.1) is 0 Å². The van der Waals surface area contributed by atoms with Crippen LogP contribution in [-0.2, 0) is 10.2 Å². The van der Waals surface area contributed by atoms with Gasteiger partial charge in [0.2, 0.25) is 0 Å². The zero-order chi connectivity index (χ0) is 7.61. The SMILES string of the molecule is NS(=O)(=O)N1CC[CH]CC1. The number of rotatable bonds is 1. The smallest absolute Gasteiger partial charge is 0.216 e. The normalized spacial score (nSPS) is 22.9. The molecular formula is C5H11N2O2S. The second kappa shape index (κ2) is 2.86. The predicted octanol–water partition coefficient (Wildman–Crippen LogP) is -0.510. The van der Waals surface area contributed by atoms with Gasteiger partial charge in [0, 0.05) is 13.1 Å². The van der Waals surface area contributed by atoms with E-state index in [1.165, 1.54) is 4.31 Å². The minimum Gasteiger partial charge on any atom is -0.216 e. The van der Waals surface area contributed by atoms with Gasteiger partial charge in [-0.05, 0) is 19.3 Å². The summed E-state index contributed by atoms with van der Waals surface area (Å²) in [6, 6.07) is 0. The Kier molecular flexibility index (Phi) is 2.28. The van der Waals surface area contributed by atoms with Crippen LogP contribution in [0.5, 0.6) is 0 Å². The molecule has 0 atom stereocenters. The van der Waals surface area contributed by atoms with Crippen LogP contribution in [0.15, 0.2) is 0 Å². The lowest BCUT2D eigenvalue weighted by Gasteiger charge is -2.22. The van der Waals surface area contributed by atoms with E-state index >= 15 is 0 Å². The third-order valence-electron chi connectivity index (χ3n) is 1.53. The van der Waals surface area contributed by atoms with Gasteiger partial charge in [-0.2, -0.15) is 12.7 Å². The van der Waals surface area contributed by atoms with Gasteiger partial charge in [0.25, 0.3) is 10.2 Å². The van der Waals surface area contributed by atoms with E-state index in [0.717, 1.165) is 12.8 Å². The van der Waals surface area contributed by atoms with Gasteiger partial charge in [-0.1, -0.05) is 0 Å². The van der Waals surface area contributed by atoms with E-state index in [-0.39, 0.29) is 0 Å². The van der Waals surface area contributed by atoms with E-state index in [1.54, 1.807) is 0 Å². The maximum absolute atomic E-state index is 10.7. The van der Waals surface area contributed by atoms with Crippen LogP contribution in [0.2, 0.25) is 0 Å². The van der Waals surface area contributed by atoms with Crippen molar-refractivity contribution in [2.24, 2.45) is 5.14 Å². The first kappa shape index (κ1) is 7.97. The summed E-state index contributed by atoms with van der Waals surface area (Å²) < 4.78 is 22.7. The maximum atomic E-state index is 10.7. The van der Waals surface area contributed by atoms with Gasteiger partial charge < -0.3 is 0 Å². The summed E-state index contributed by atoms with van der Waals surface area (Å²) in [7, 11) is -3.41. The molecule has 1 radical (unpaired) electrons. The van der Waals surface area contributed by atoms with Crippen LogP contribution in [0.25, 0.3) is 0 Å². The maximum Gasteiger partial charge on any atom is 0.276 e. The van der Waals surface area contributed by atoms with Crippen molar-refractivity contribution in [1.82, 2.24) is 4.31 Å². The molecule has 1 heterocycles. The highest BCUT2D eigenvalue weighted by atomic mass is 32.2. The number of hydrogen-bond donors (Lipinski definition) is 1. The monoisotopic (exact) mass is 163 g/mol. The molecule has 1 saturated heterocycles. The first-order valence-corrected chi connectivity index (χ1v) is 4.70. The Morgan fingerprint density at radius 3 is 2.10 bits per heavy atom. The molecule has 1 aliphatic rings. The summed E-state index contributed by atoms with van der Waals surface area (Å²) >= 11 is 0. The molecule has 0 aromatic heterocycles. The Morgan fingerprint density at radius 2 is 1.80 bits per heavy atom. The van der Waals surface area contributed by atoms with Crippen molar-refractivity contribution >= 4 is 10.2 Å². The van der Waals surface area contributed by atoms with Crippen molar-refractivity contribution in [3.63, 3.8) is 0 Å². The molecule has 59 valence electrons. The molecule has 5 heteroatoms. The van der Waals surface area contributed by atoms with Gasteiger partial charge in [-0.3, -0.25) is 0 Å². The first-order valence-electron chi connectivity index (χ1n) is 3.20.